The molecule has 4 heterocycles. The highest BCUT2D eigenvalue weighted by molar-refractivity contribution is 7.18. The minimum Gasteiger partial charge on any atom is -0.260 e. The SMILES string of the molecule is CC.CC.CC.CC.CC.CC(C)(C)c1ccc(C(C)(C)C)cc1.CC(C)(C)c1ccc(C(C)(C)C)nc1.CC(C)(C)c1ccc(C(C)(C)C)nn1.CC(C)(C)c1ccc(C(C)(C)C)s1.CC(C)(C)c1ccc2nc(C(C)(C)C)sc2c1. The third kappa shape index (κ3) is 32.0. The molecule has 0 saturated carbocycles. The van der Waals surface area contributed by atoms with Gasteiger partial charge in [-0.05, 0) is 97.2 Å². The van der Waals surface area contributed by atoms with Crippen molar-refractivity contribution in [3.05, 3.63) is 139 Å². The van der Waals surface area contributed by atoms with Crippen molar-refractivity contribution < 1.29 is 0 Å². The topological polar surface area (TPSA) is 51.6 Å². The highest BCUT2D eigenvalue weighted by Crippen LogP contribution is 2.36. The molecule has 0 fully saturated rings. The van der Waals surface area contributed by atoms with Gasteiger partial charge >= 0.3 is 0 Å². The van der Waals surface area contributed by atoms with Crippen molar-refractivity contribution >= 4 is 32.9 Å². The fraction of sp³-hybridized carbons (Fsp3) is 0.658. The standard InChI is InChI=1S/C15H21NS.C14H22.C13H21N.C12H20N2.C12H20S.5C2H6/c1-14(2,3)10-7-8-11-12(9-10)17-13(16-11)15(4,5)6;1-13(2,3)11-7-9-12(10-8-11)14(4,5)6;1-12(2,3)10-7-8-11(14-9-10)13(4,5)6;1-11(2,3)9-7-8-10(14-13-9)12(4,5)6;1-11(2,3)9-7-8-10(13-9)12(4,5)6;5*1-2/h7-9H,1-6H3;7-10H,1-6H3;7-9H,1-6H3;7-8H,1-6H3;7-8H,1-6H3;5*1-2H3. The van der Waals surface area contributed by atoms with Gasteiger partial charge in [0.05, 0.1) is 26.6 Å². The maximum atomic E-state index is 4.73. The van der Waals surface area contributed by atoms with Gasteiger partial charge in [0.2, 0.25) is 0 Å². The Morgan fingerprint density at radius 1 is 0.268 bits per heavy atom. The summed E-state index contributed by atoms with van der Waals surface area (Å²) in [4.78, 5) is 12.2. The lowest BCUT2D eigenvalue weighted by Crippen LogP contribution is -2.18. The smallest absolute Gasteiger partial charge is 0.0992 e. The summed E-state index contributed by atoms with van der Waals surface area (Å²) in [6, 6.07) is 28.7. The van der Waals surface area contributed by atoms with Crippen molar-refractivity contribution in [2.45, 2.75) is 331 Å². The Hall–Kier alpha value is -3.74. The molecule has 0 unspecified atom stereocenters. The minimum atomic E-state index is 0.0867. The van der Waals surface area contributed by atoms with E-state index in [1.54, 1.807) is 0 Å². The van der Waals surface area contributed by atoms with Crippen LogP contribution in [-0.2, 0) is 54.1 Å². The second-order valence-corrected chi connectivity index (χ2v) is 32.3. The average molecular weight is 1170 g/mol. The van der Waals surface area contributed by atoms with Gasteiger partial charge in [-0.3, -0.25) is 4.98 Å². The van der Waals surface area contributed by atoms with Crippen molar-refractivity contribution in [2.24, 2.45) is 0 Å². The fourth-order valence-corrected chi connectivity index (χ4v) is 8.92. The van der Waals surface area contributed by atoms with Crippen molar-refractivity contribution in [1.82, 2.24) is 20.2 Å². The second-order valence-electron chi connectivity index (χ2n) is 30.2. The fourth-order valence-electron chi connectivity index (χ4n) is 6.74. The first-order chi connectivity index (χ1) is 37.0. The number of thiophene rings is 1. The summed E-state index contributed by atoms with van der Waals surface area (Å²) in [5, 5.41) is 9.75. The lowest BCUT2D eigenvalue weighted by atomic mass is 9.82. The lowest BCUT2D eigenvalue weighted by Gasteiger charge is -2.23. The molecule has 0 aliphatic rings. The summed E-state index contributed by atoms with van der Waals surface area (Å²) < 4.78 is 1.31. The number of benzene rings is 2. The molecule has 0 spiro atoms. The largest absolute Gasteiger partial charge is 0.260 e. The zero-order chi connectivity index (χ0) is 66.1. The van der Waals surface area contributed by atoms with E-state index in [9.17, 15) is 0 Å². The van der Waals surface area contributed by atoms with Crippen LogP contribution in [0.4, 0.5) is 0 Å². The molecule has 470 valence electrons. The Balaban J connectivity index is -0.000000447. The first-order valence-electron chi connectivity index (χ1n) is 31.5. The number of hydrogen-bond donors (Lipinski definition) is 0. The van der Waals surface area contributed by atoms with Gasteiger partial charge in [-0.25, -0.2) is 4.98 Å². The molecular weight excluding hydrogens is 1030 g/mol. The quantitative estimate of drug-likeness (QED) is 0.152. The molecule has 4 aromatic heterocycles. The summed E-state index contributed by atoms with van der Waals surface area (Å²) in [6.07, 6.45) is 2.00. The molecule has 0 aliphatic heterocycles. The molecule has 6 heteroatoms. The number of pyridine rings is 1. The zero-order valence-corrected chi connectivity index (χ0v) is 63.3. The number of hydrogen-bond acceptors (Lipinski definition) is 6. The Labute approximate surface area is 520 Å². The first-order valence-corrected chi connectivity index (χ1v) is 33.1. The van der Waals surface area contributed by atoms with E-state index in [0.717, 1.165) is 22.6 Å². The number of thiazole rings is 1. The van der Waals surface area contributed by atoms with Crippen molar-refractivity contribution in [2.75, 3.05) is 0 Å². The maximum Gasteiger partial charge on any atom is 0.0992 e. The van der Waals surface area contributed by atoms with E-state index in [0.29, 0.717) is 10.8 Å². The van der Waals surface area contributed by atoms with E-state index in [1.807, 2.05) is 98.1 Å². The summed E-state index contributed by atoms with van der Waals surface area (Å²) >= 11 is 3.77. The molecule has 0 radical (unpaired) electrons. The van der Waals surface area contributed by atoms with Crippen LogP contribution in [0.5, 0.6) is 0 Å². The van der Waals surface area contributed by atoms with Crippen LogP contribution in [-0.4, -0.2) is 20.2 Å². The Kier molecular flexibility index (Phi) is 36.8. The summed E-state index contributed by atoms with van der Waals surface area (Å²) in [7, 11) is 0. The van der Waals surface area contributed by atoms with Crippen LogP contribution in [0.2, 0.25) is 0 Å². The number of aromatic nitrogens is 4. The Morgan fingerprint density at radius 3 is 0.793 bits per heavy atom. The first kappa shape index (κ1) is 84.7. The molecule has 0 saturated heterocycles. The van der Waals surface area contributed by atoms with Gasteiger partial charge in [-0.15, -0.1) is 22.7 Å². The van der Waals surface area contributed by atoms with Gasteiger partial charge in [0.1, 0.15) is 0 Å². The molecule has 4 nitrogen and oxygen atoms in total. The molecule has 6 rings (SSSR count). The van der Waals surface area contributed by atoms with Crippen LogP contribution < -0.4 is 0 Å². The third-order valence-corrected chi connectivity index (χ3v) is 15.6. The van der Waals surface area contributed by atoms with Gasteiger partial charge in [0.25, 0.3) is 0 Å². The third-order valence-electron chi connectivity index (χ3n) is 12.2. The van der Waals surface area contributed by atoms with Crippen LogP contribution >= 0.6 is 22.7 Å². The molecule has 0 atom stereocenters. The maximum absolute atomic E-state index is 4.73. The second kappa shape index (κ2) is 35.7. The highest BCUT2D eigenvalue weighted by Gasteiger charge is 2.24. The number of nitrogens with zero attached hydrogens (tertiary/aromatic N) is 4. The number of fused-ring (bicyclic) bond motifs is 1. The predicted octanol–water partition coefficient (Wildman–Crippen LogP) is 25.4. The van der Waals surface area contributed by atoms with E-state index in [2.05, 4.69) is 302 Å². The van der Waals surface area contributed by atoms with Gasteiger partial charge in [-0.1, -0.05) is 313 Å². The average Bonchev–Trinajstić information content (AvgIpc) is 4.07. The Bertz CT molecular complexity index is 2250. The van der Waals surface area contributed by atoms with Gasteiger partial charge in [-0.2, -0.15) is 10.2 Å². The van der Waals surface area contributed by atoms with E-state index < -0.39 is 0 Å². The van der Waals surface area contributed by atoms with E-state index in [4.69, 9.17) is 4.98 Å². The van der Waals surface area contributed by atoms with Crippen LogP contribution in [0.3, 0.4) is 0 Å². The molecule has 82 heavy (non-hydrogen) atoms. The van der Waals surface area contributed by atoms with Crippen molar-refractivity contribution in [3.63, 3.8) is 0 Å². The van der Waals surface area contributed by atoms with Gasteiger partial charge < -0.3 is 0 Å². The summed E-state index contributed by atoms with van der Waals surface area (Å²) in [6.45, 7) is 86.6. The van der Waals surface area contributed by atoms with Crippen molar-refractivity contribution in [1.29, 1.82) is 0 Å². The molecule has 2 aromatic carbocycles. The molecular formula is C76H134N4S2. The zero-order valence-electron chi connectivity index (χ0n) is 61.7. The van der Waals surface area contributed by atoms with Crippen LogP contribution in [0.15, 0.2) is 85.1 Å². The normalized spacial score (nSPS) is 11.9. The highest BCUT2D eigenvalue weighted by atomic mass is 32.1. The monoisotopic (exact) mass is 1170 g/mol. The van der Waals surface area contributed by atoms with Crippen LogP contribution in [0, 0.1) is 0 Å². The minimum absolute atomic E-state index is 0.0867. The Morgan fingerprint density at radius 2 is 0.561 bits per heavy atom. The van der Waals surface area contributed by atoms with E-state index in [1.165, 1.54) is 41.7 Å². The van der Waals surface area contributed by atoms with Crippen LogP contribution in [0.25, 0.3) is 10.2 Å². The summed E-state index contributed by atoms with van der Waals surface area (Å²) in [5.74, 6) is 0. The van der Waals surface area contributed by atoms with Crippen LogP contribution in [0.1, 0.15) is 331 Å². The van der Waals surface area contributed by atoms with Crippen molar-refractivity contribution in [3.8, 4) is 0 Å². The molecule has 0 amide bonds. The predicted molar refractivity (Wildman–Crippen MR) is 380 cm³/mol. The molecule has 0 bridgehead atoms. The van der Waals surface area contributed by atoms with Gasteiger partial charge in [0, 0.05) is 43.3 Å². The number of rotatable bonds is 0. The molecule has 6 aromatic rings. The van der Waals surface area contributed by atoms with E-state index in [-0.39, 0.29) is 43.3 Å². The lowest BCUT2D eigenvalue weighted by molar-refractivity contribution is 0.527. The molecule has 0 aliphatic carbocycles. The van der Waals surface area contributed by atoms with E-state index >= 15 is 0 Å². The summed E-state index contributed by atoms with van der Waals surface area (Å²) in [5.41, 5.74) is 11.9. The molecule has 0 N–H and O–H groups in total. The van der Waals surface area contributed by atoms with Gasteiger partial charge in [0.15, 0.2) is 0 Å².